The third kappa shape index (κ3) is 5.74. The summed E-state index contributed by atoms with van der Waals surface area (Å²) in [5.41, 5.74) is -0.0665. The Morgan fingerprint density at radius 1 is 1.27 bits per heavy atom. The molecule has 0 saturated heterocycles. The number of hydrogen-bond acceptors (Lipinski definition) is 6. The van der Waals surface area contributed by atoms with Crippen LogP contribution in [0.15, 0.2) is 18.2 Å². The first kappa shape index (κ1) is 21.3. The van der Waals surface area contributed by atoms with E-state index in [1.54, 1.807) is 6.07 Å². The monoisotopic (exact) mass is 503 g/mol. The third-order valence-corrected chi connectivity index (χ3v) is 5.84. The highest BCUT2D eigenvalue weighted by Gasteiger charge is 2.39. The number of carbonyl (C=O) groups excluding carboxylic acids is 1. The van der Waals surface area contributed by atoms with Crippen molar-refractivity contribution in [3.8, 4) is 5.75 Å². The maximum Gasteiger partial charge on any atom is 0.367 e. The van der Waals surface area contributed by atoms with E-state index in [9.17, 15) is 26.5 Å². The minimum absolute atomic E-state index is 0.0665. The summed E-state index contributed by atoms with van der Waals surface area (Å²) < 4.78 is 68.2. The van der Waals surface area contributed by atoms with Gasteiger partial charge < -0.3 is 14.0 Å². The number of hydrogen-bond donors (Lipinski definition) is 0. The zero-order chi connectivity index (χ0) is 19.4. The Bertz CT molecular complexity index is 747. The summed E-state index contributed by atoms with van der Waals surface area (Å²) in [5, 5.41) is -4.67. The fourth-order valence-electron chi connectivity index (χ4n) is 2.61. The van der Waals surface area contributed by atoms with E-state index in [1.807, 2.05) is 22.6 Å². The molecule has 1 aliphatic rings. The molecule has 0 heterocycles. The molecule has 1 fully saturated rings. The van der Waals surface area contributed by atoms with Crippen molar-refractivity contribution in [3.05, 3.63) is 27.3 Å². The predicted molar refractivity (Wildman–Crippen MR) is 96.2 cm³/mol. The highest BCUT2D eigenvalue weighted by atomic mass is 127. The number of carbonyl (C=O) groups is 1. The second-order valence-corrected chi connectivity index (χ2v) is 8.80. The summed E-state index contributed by atoms with van der Waals surface area (Å²) in [4.78, 5) is 11.9. The van der Waals surface area contributed by atoms with Gasteiger partial charge in [0, 0.05) is 0 Å². The van der Waals surface area contributed by atoms with Crippen LogP contribution in [0.1, 0.15) is 42.5 Å². The third-order valence-electron chi connectivity index (χ3n) is 4.10. The van der Waals surface area contributed by atoms with Gasteiger partial charge in [-0.05, 0) is 59.5 Å². The number of halogens is 3. The highest BCUT2D eigenvalue weighted by Crippen LogP contribution is 2.28. The Hall–Kier alpha value is -1.01. The zero-order valence-electron chi connectivity index (χ0n) is 13.8. The number of alkyl halides is 2. The van der Waals surface area contributed by atoms with Crippen molar-refractivity contribution in [3.63, 3.8) is 0 Å². The van der Waals surface area contributed by atoms with Gasteiger partial charge in [-0.1, -0.05) is 19.3 Å². The summed E-state index contributed by atoms with van der Waals surface area (Å²) in [5.74, 6) is -0.294. The van der Waals surface area contributed by atoms with Gasteiger partial charge in [0.2, 0.25) is 0 Å². The van der Waals surface area contributed by atoms with Crippen LogP contribution in [0.4, 0.5) is 8.78 Å². The van der Waals surface area contributed by atoms with Gasteiger partial charge in [-0.3, -0.25) is 0 Å². The normalized spacial score (nSPS) is 16.3. The maximum atomic E-state index is 13.1. The lowest BCUT2D eigenvalue weighted by Crippen LogP contribution is -2.34. The lowest BCUT2D eigenvalue weighted by Gasteiger charge is -2.22. The van der Waals surface area contributed by atoms with Gasteiger partial charge in [-0.25, -0.2) is 13.2 Å². The molecule has 1 saturated carbocycles. The van der Waals surface area contributed by atoms with Crippen molar-refractivity contribution in [2.75, 3.05) is 13.2 Å². The molecule has 6 nitrogen and oxygen atoms in total. The molecular formula is C16H18F2IO6S-. The van der Waals surface area contributed by atoms with E-state index in [2.05, 4.69) is 4.74 Å². The summed E-state index contributed by atoms with van der Waals surface area (Å²) in [6.45, 7) is -1.33. The van der Waals surface area contributed by atoms with Crippen LogP contribution in [0, 0.1) is 9.49 Å². The Balaban J connectivity index is 1.99. The quantitative estimate of drug-likeness (QED) is 0.321. The molecule has 0 N–H and O–H groups in total. The van der Waals surface area contributed by atoms with E-state index in [4.69, 9.17) is 4.74 Å². The van der Waals surface area contributed by atoms with Crippen LogP contribution in [-0.2, 0) is 14.9 Å². The molecule has 0 aromatic heterocycles. The first-order valence-corrected chi connectivity index (χ1v) is 10.5. The summed E-state index contributed by atoms with van der Waals surface area (Å²) in [6, 6.07) is 4.27. The minimum atomic E-state index is -5.90. The van der Waals surface area contributed by atoms with Crippen LogP contribution in [0.25, 0.3) is 0 Å². The average molecular weight is 503 g/mol. The van der Waals surface area contributed by atoms with Crippen LogP contribution in [0.3, 0.4) is 0 Å². The Morgan fingerprint density at radius 3 is 2.54 bits per heavy atom. The van der Waals surface area contributed by atoms with Gasteiger partial charge in [-0.2, -0.15) is 8.78 Å². The van der Waals surface area contributed by atoms with Crippen molar-refractivity contribution >= 4 is 38.7 Å². The van der Waals surface area contributed by atoms with Gasteiger partial charge in [-0.15, -0.1) is 0 Å². The average Bonchev–Trinajstić information content (AvgIpc) is 2.59. The van der Waals surface area contributed by atoms with Crippen LogP contribution < -0.4 is 4.74 Å². The molecule has 10 heteroatoms. The second-order valence-electron chi connectivity index (χ2n) is 6.13. The lowest BCUT2D eigenvalue weighted by atomic mass is 9.90. The first-order chi connectivity index (χ1) is 12.1. The largest absolute Gasteiger partial charge is 0.743 e. The van der Waals surface area contributed by atoms with E-state index in [-0.39, 0.29) is 5.56 Å². The Labute approximate surface area is 164 Å². The molecule has 0 aliphatic heterocycles. The molecule has 146 valence electrons. The van der Waals surface area contributed by atoms with Gasteiger partial charge in [0.05, 0.1) is 15.7 Å². The molecule has 0 bridgehead atoms. The van der Waals surface area contributed by atoms with Crippen molar-refractivity contribution in [1.29, 1.82) is 0 Å². The second kappa shape index (κ2) is 8.79. The SMILES string of the molecule is O=C(OCC(F)(F)S(=O)(=O)[O-])c1ccc(I)c(OCC2CCCCC2)c1. The highest BCUT2D eigenvalue weighted by molar-refractivity contribution is 14.1. The van der Waals surface area contributed by atoms with Crippen LogP contribution in [0.5, 0.6) is 5.75 Å². The molecule has 1 aromatic rings. The fourth-order valence-corrected chi connectivity index (χ4v) is 3.30. The standard InChI is InChI=1S/C16H19F2IO6S/c17-16(18,26(21,22)23)10-25-15(20)12-6-7-13(19)14(8-12)24-9-11-4-2-1-3-5-11/h6-8,11H,1-5,9-10H2,(H,21,22,23)/p-1. The van der Waals surface area contributed by atoms with Crippen molar-refractivity contribution in [1.82, 2.24) is 0 Å². The Morgan fingerprint density at radius 2 is 1.92 bits per heavy atom. The molecule has 0 amide bonds. The van der Waals surface area contributed by atoms with Gasteiger partial charge >= 0.3 is 11.2 Å². The smallest absolute Gasteiger partial charge is 0.367 e. The zero-order valence-corrected chi connectivity index (χ0v) is 16.7. The minimum Gasteiger partial charge on any atom is -0.743 e. The molecular weight excluding hydrogens is 485 g/mol. The molecule has 0 radical (unpaired) electrons. The van der Waals surface area contributed by atoms with Crippen LogP contribution >= 0.6 is 22.6 Å². The van der Waals surface area contributed by atoms with E-state index in [0.29, 0.717) is 18.3 Å². The molecule has 2 rings (SSSR count). The van der Waals surface area contributed by atoms with E-state index in [1.165, 1.54) is 18.6 Å². The van der Waals surface area contributed by atoms with Gasteiger partial charge in [0.15, 0.2) is 16.7 Å². The summed E-state index contributed by atoms with van der Waals surface area (Å²) in [7, 11) is -5.90. The van der Waals surface area contributed by atoms with Gasteiger partial charge in [0.1, 0.15) is 5.75 Å². The number of benzene rings is 1. The van der Waals surface area contributed by atoms with E-state index < -0.39 is 27.9 Å². The molecule has 0 spiro atoms. The molecule has 26 heavy (non-hydrogen) atoms. The maximum absolute atomic E-state index is 13.1. The van der Waals surface area contributed by atoms with Crippen LogP contribution in [0.2, 0.25) is 0 Å². The number of ether oxygens (including phenoxy) is 2. The lowest BCUT2D eigenvalue weighted by molar-refractivity contribution is -0.00999. The Kier molecular flexibility index (Phi) is 7.19. The number of rotatable bonds is 7. The van der Waals surface area contributed by atoms with Crippen LogP contribution in [-0.4, -0.2) is 37.4 Å². The molecule has 0 unspecified atom stereocenters. The molecule has 1 aromatic carbocycles. The van der Waals surface area contributed by atoms with Crippen molar-refractivity contribution in [2.24, 2.45) is 5.92 Å². The van der Waals surface area contributed by atoms with E-state index >= 15 is 0 Å². The fraction of sp³-hybridized carbons (Fsp3) is 0.562. The van der Waals surface area contributed by atoms with Crippen molar-refractivity contribution < 1.29 is 36.0 Å². The van der Waals surface area contributed by atoms with E-state index in [0.717, 1.165) is 29.3 Å². The predicted octanol–water partition coefficient (Wildman–Crippen LogP) is 3.55. The first-order valence-electron chi connectivity index (χ1n) is 8.03. The topological polar surface area (TPSA) is 92.7 Å². The van der Waals surface area contributed by atoms with Gasteiger partial charge in [0.25, 0.3) is 0 Å². The summed E-state index contributed by atoms with van der Waals surface area (Å²) >= 11 is 2.02. The molecule has 1 aliphatic carbocycles. The summed E-state index contributed by atoms with van der Waals surface area (Å²) in [6.07, 6.45) is 5.70. The number of esters is 1. The van der Waals surface area contributed by atoms with Crippen molar-refractivity contribution in [2.45, 2.75) is 37.4 Å². The molecule has 0 atom stereocenters.